The summed E-state index contributed by atoms with van der Waals surface area (Å²) in [6.45, 7) is 2.49. The molecule has 0 saturated heterocycles. The van der Waals surface area contributed by atoms with Gasteiger partial charge in [0.1, 0.15) is 6.61 Å². The number of carbonyl (C=O) groups excluding carboxylic acids is 2. The van der Waals surface area contributed by atoms with Gasteiger partial charge in [-0.25, -0.2) is 4.79 Å². The normalized spacial score (nSPS) is 19.8. The molecule has 2 aromatic rings. The van der Waals surface area contributed by atoms with E-state index in [9.17, 15) is 19.5 Å². The monoisotopic (exact) mass is 478 g/mol. The summed E-state index contributed by atoms with van der Waals surface area (Å²) in [4.78, 5) is 36.1. The van der Waals surface area contributed by atoms with Crippen LogP contribution >= 0.6 is 0 Å². The first kappa shape index (κ1) is 24.8. The van der Waals surface area contributed by atoms with E-state index >= 15 is 0 Å². The quantitative estimate of drug-likeness (QED) is 0.485. The molecule has 7 nitrogen and oxygen atoms in total. The molecule has 0 spiro atoms. The van der Waals surface area contributed by atoms with Gasteiger partial charge in [-0.1, -0.05) is 61.4 Å². The lowest BCUT2D eigenvalue weighted by Crippen LogP contribution is -2.38. The SMILES string of the molecule is CC(CCC(=O)NC[C@@H]1CCCC[C@@H]1C(=O)O)NC(=O)OCC1c2ccccc2-c2ccccc21. The molecule has 0 bridgehead atoms. The van der Waals surface area contributed by atoms with Gasteiger partial charge >= 0.3 is 12.1 Å². The van der Waals surface area contributed by atoms with Gasteiger partial charge in [0.25, 0.3) is 0 Å². The van der Waals surface area contributed by atoms with Crippen LogP contribution < -0.4 is 10.6 Å². The number of benzene rings is 2. The Hall–Kier alpha value is -3.35. The molecular weight excluding hydrogens is 444 g/mol. The van der Waals surface area contributed by atoms with Crippen molar-refractivity contribution >= 4 is 18.0 Å². The van der Waals surface area contributed by atoms with Crippen LogP contribution in [-0.4, -0.2) is 42.3 Å². The highest BCUT2D eigenvalue weighted by Crippen LogP contribution is 2.44. The number of alkyl carbamates (subject to hydrolysis) is 1. The van der Waals surface area contributed by atoms with Crippen molar-refractivity contribution in [2.75, 3.05) is 13.2 Å². The van der Waals surface area contributed by atoms with Crippen molar-refractivity contribution in [2.24, 2.45) is 11.8 Å². The maximum absolute atomic E-state index is 12.4. The highest BCUT2D eigenvalue weighted by atomic mass is 16.5. The van der Waals surface area contributed by atoms with Crippen molar-refractivity contribution in [2.45, 2.75) is 57.4 Å². The Morgan fingerprint density at radius 2 is 1.63 bits per heavy atom. The molecule has 3 N–H and O–H groups in total. The highest BCUT2D eigenvalue weighted by Gasteiger charge is 2.31. The average Bonchev–Trinajstić information content (AvgIpc) is 3.19. The van der Waals surface area contributed by atoms with Crippen molar-refractivity contribution in [1.29, 1.82) is 0 Å². The fraction of sp³-hybridized carbons (Fsp3) is 0.464. The van der Waals surface area contributed by atoms with Gasteiger partial charge in [-0.05, 0) is 54.4 Å². The zero-order chi connectivity index (χ0) is 24.8. The number of hydrogen-bond donors (Lipinski definition) is 3. The standard InChI is InChI=1S/C28H34N2O5/c1-18(14-15-26(31)29-16-19-8-2-3-9-20(19)27(32)33)30-28(34)35-17-25-23-12-6-4-10-21(23)22-11-5-7-13-24(22)25/h4-7,10-13,18-20,25H,2-3,8-9,14-17H2,1H3,(H,29,31)(H,30,34)(H,32,33)/t18?,19-,20-/m0/s1. The van der Waals surface area contributed by atoms with Crippen molar-refractivity contribution in [3.8, 4) is 11.1 Å². The number of fused-ring (bicyclic) bond motifs is 3. The van der Waals surface area contributed by atoms with Crippen LogP contribution in [0.1, 0.15) is 62.5 Å². The number of nitrogens with one attached hydrogen (secondary N) is 2. The highest BCUT2D eigenvalue weighted by molar-refractivity contribution is 5.79. The van der Waals surface area contributed by atoms with Gasteiger partial charge in [0.15, 0.2) is 0 Å². The number of aliphatic carboxylic acids is 1. The van der Waals surface area contributed by atoms with Gasteiger partial charge in [-0.3, -0.25) is 9.59 Å². The molecule has 4 rings (SSSR count). The lowest BCUT2D eigenvalue weighted by atomic mass is 9.79. The Morgan fingerprint density at radius 3 is 2.29 bits per heavy atom. The summed E-state index contributed by atoms with van der Waals surface area (Å²) in [5.74, 6) is -1.28. The molecule has 0 radical (unpaired) electrons. The van der Waals surface area contributed by atoms with Crippen LogP contribution in [0.15, 0.2) is 48.5 Å². The van der Waals surface area contributed by atoms with Crippen LogP contribution in [0.3, 0.4) is 0 Å². The minimum absolute atomic E-state index is 0.00338. The Labute approximate surface area is 206 Å². The fourth-order valence-corrected chi connectivity index (χ4v) is 5.37. The fourth-order valence-electron chi connectivity index (χ4n) is 5.37. The third-order valence-electron chi connectivity index (χ3n) is 7.30. The predicted octanol–water partition coefficient (Wildman–Crippen LogP) is 4.70. The van der Waals surface area contributed by atoms with E-state index in [1.807, 2.05) is 31.2 Å². The number of amides is 2. The summed E-state index contributed by atoms with van der Waals surface area (Å²) in [5.41, 5.74) is 4.68. The van der Waals surface area contributed by atoms with Crippen molar-refractivity contribution < 1.29 is 24.2 Å². The van der Waals surface area contributed by atoms with Crippen molar-refractivity contribution in [3.63, 3.8) is 0 Å². The van der Waals surface area contributed by atoms with E-state index in [1.54, 1.807) is 0 Å². The lowest BCUT2D eigenvalue weighted by Gasteiger charge is -2.28. The molecule has 3 atom stereocenters. The van der Waals surface area contributed by atoms with E-state index in [2.05, 4.69) is 34.9 Å². The first-order valence-electron chi connectivity index (χ1n) is 12.5. The zero-order valence-corrected chi connectivity index (χ0v) is 20.2. The molecule has 0 aliphatic heterocycles. The molecule has 1 fully saturated rings. The van der Waals surface area contributed by atoms with E-state index < -0.39 is 12.1 Å². The van der Waals surface area contributed by atoms with Crippen LogP contribution in [0.2, 0.25) is 0 Å². The van der Waals surface area contributed by atoms with Gasteiger partial charge in [-0.2, -0.15) is 0 Å². The summed E-state index contributed by atoms with van der Waals surface area (Å²) in [7, 11) is 0. The van der Waals surface area contributed by atoms with E-state index in [1.165, 1.54) is 11.1 Å². The smallest absolute Gasteiger partial charge is 0.407 e. The van der Waals surface area contributed by atoms with E-state index in [4.69, 9.17) is 4.74 Å². The molecule has 0 heterocycles. The predicted molar refractivity (Wildman–Crippen MR) is 133 cm³/mol. The molecule has 2 amide bonds. The number of ether oxygens (including phenoxy) is 1. The maximum Gasteiger partial charge on any atom is 0.407 e. The average molecular weight is 479 g/mol. The summed E-state index contributed by atoms with van der Waals surface area (Å²) in [6.07, 6.45) is 3.68. The van der Waals surface area contributed by atoms with Crippen LogP contribution in [0.25, 0.3) is 11.1 Å². The van der Waals surface area contributed by atoms with Crippen LogP contribution in [0.5, 0.6) is 0 Å². The minimum atomic E-state index is -0.773. The molecule has 35 heavy (non-hydrogen) atoms. The van der Waals surface area contributed by atoms with E-state index in [-0.39, 0.29) is 42.7 Å². The number of carboxylic acid groups (broad SMARTS) is 1. The molecule has 2 aliphatic rings. The van der Waals surface area contributed by atoms with Gasteiger partial charge in [-0.15, -0.1) is 0 Å². The third kappa shape index (κ3) is 6.02. The number of carbonyl (C=O) groups is 3. The van der Waals surface area contributed by atoms with Crippen LogP contribution in [0, 0.1) is 11.8 Å². The Bertz CT molecular complexity index is 1020. The van der Waals surface area contributed by atoms with Crippen LogP contribution in [-0.2, 0) is 14.3 Å². The molecule has 186 valence electrons. The first-order valence-corrected chi connectivity index (χ1v) is 12.5. The van der Waals surface area contributed by atoms with Crippen molar-refractivity contribution in [1.82, 2.24) is 10.6 Å². The second-order valence-electron chi connectivity index (χ2n) is 9.70. The Balaban J connectivity index is 1.20. The second kappa shape index (κ2) is 11.4. The largest absolute Gasteiger partial charge is 0.481 e. The topological polar surface area (TPSA) is 105 Å². The maximum atomic E-state index is 12.4. The Kier molecular flexibility index (Phi) is 8.06. The first-order chi connectivity index (χ1) is 16.9. The lowest BCUT2D eigenvalue weighted by molar-refractivity contribution is -0.145. The molecule has 1 unspecified atom stereocenters. The van der Waals surface area contributed by atoms with E-state index in [0.29, 0.717) is 19.4 Å². The molecule has 2 aromatic carbocycles. The summed E-state index contributed by atoms with van der Waals surface area (Å²) in [5, 5.41) is 15.1. The molecule has 7 heteroatoms. The number of hydrogen-bond acceptors (Lipinski definition) is 4. The second-order valence-corrected chi connectivity index (χ2v) is 9.70. The molecule has 1 saturated carbocycles. The number of carboxylic acids is 1. The van der Waals surface area contributed by atoms with Crippen LogP contribution in [0.4, 0.5) is 4.79 Å². The van der Waals surface area contributed by atoms with E-state index in [0.717, 1.165) is 30.4 Å². The van der Waals surface area contributed by atoms with Gasteiger partial charge < -0.3 is 20.5 Å². The van der Waals surface area contributed by atoms with Gasteiger partial charge in [0.2, 0.25) is 5.91 Å². The van der Waals surface area contributed by atoms with Crippen molar-refractivity contribution in [3.05, 3.63) is 59.7 Å². The third-order valence-corrected chi connectivity index (χ3v) is 7.30. The summed E-state index contributed by atoms with van der Waals surface area (Å²) in [6, 6.07) is 16.2. The van der Waals surface area contributed by atoms with Gasteiger partial charge in [0, 0.05) is 24.9 Å². The summed E-state index contributed by atoms with van der Waals surface area (Å²) >= 11 is 0. The molecular formula is C28H34N2O5. The minimum Gasteiger partial charge on any atom is -0.481 e. The summed E-state index contributed by atoms with van der Waals surface area (Å²) < 4.78 is 5.57. The van der Waals surface area contributed by atoms with Gasteiger partial charge in [0.05, 0.1) is 5.92 Å². The molecule has 0 aromatic heterocycles. The Morgan fingerprint density at radius 1 is 1.00 bits per heavy atom. The zero-order valence-electron chi connectivity index (χ0n) is 20.2. The molecule has 2 aliphatic carbocycles. The number of rotatable bonds is 9.